The molecular formula is C12H15NO3S. The molecule has 0 saturated heterocycles. The van der Waals surface area contributed by atoms with Crippen LogP contribution >= 0.6 is 0 Å². The Bertz CT molecular complexity index is 515. The molecule has 1 N–H and O–H groups in total. The average molecular weight is 253 g/mol. The van der Waals surface area contributed by atoms with Gasteiger partial charge >= 0.3 is 0 Å². The summed E-state index contributed by atoms with van der Waals surface area (Å²) in [6, 6.07) is 6.00. The number of benzene rings is 1. The number of rotatable bonds is 5. The van der Waals surface area contributed by atoms with E-state index in [9.17, 15) is 13.2 Å². The molecule has 5 heteroatoms. The van der Waals surface area contributed by atoms with Crippen LogP contribution in [0.15, 0.2) is 29.2 Å². The van der Waals surface area contributed by atoms with Gasteiger partial charge in [0.1, 0.15) is 0 Å². The number of hydrogen-bond donors (Lipinski definition) is 1. The second-order valence-corrected chi connectivity index (χ2v) is 6.14. The zero-order valence-electron chi connectivity index (χ0n) is 9.64. The highest BCUT2D eigenvalue weighted by Crippen LogP contribution is 2.28. The molecule has 0 amide bonds. The van der Waals surface area contributed by atoms with Crippen LogP contribution in [0.4, 0.5) is 0 Å². The molecule has 0 bridgehead atoms. The number of hydrogen-bond acceptors (Lipinski definition) is 3. The SMILES string of the molecule is CC(=O)c1ccc(S(=O)(=O)NCC2CC2)cc1. The van der Waals surface area contributed by atoms with Gasteiger partial charge in [0, 0.05) is 12.1 Å². The number of Topliss-reactive ketones (excluding diaryl/α,β-unsaturated/α-hetero) is 1. The molecule has 1 saturated carbocycles. The summed E-state index contributed by atoms with van der Waals surface area (Å²) in [6.07, 6.45) is 2.21. The van der Waals surface area contributed by atoms with Crippen LogP contribution in [0.25, 0.3) is 0 Å². The number of nitrogens with one attached hydrogen (secondary N) is 1. The van der Waals surface area contributed by atoms with Gasteiger partial charge in [-0.25, -0.2) is 13.1 Å². The number of ketones is 1. The fraction of sp³-hybridized carbons (Fsp3) is 0.417. The van der Waals surface area contributed by atoms with E-state index in [-0.39, 0.29) is 10.7 Å². The largest absolute Gasteiger partial charge is 0.295 e. The van der Waals surface area contributed by atoms with Gasteiger partial charge in [0.15, 0.2) is 5.78 Å². The minimum Gasteiger partial charge on any atom is -0.295 e. The molecule has 0 unspecified atom stereocenters. The van der Waals surface area contributed by atoms with Crippen LogP contribution in [0.3, 0.4) is 0 Å². The molecule has 0 spiro atoms. The lowest BCUT2D eigenvalue weighted by Gasteiger charge is -2.06. The molecule has 0 atom stereocenters. The summed E-state index contributed by atoms with van der Waals surface area (Å²) in [4.78, 5) is 11.3. The monoisotopic (exact) mass is 253 g/mol. The second-order valence-electron chi connectivity index (χ2n) is 4.38. The second kappa shape index (κ2) is 4.58. The molecule has 17 heavy (non-hydrogen) atoms. The normalized spacial score (nSPS) is 15.8. The summed E-state index contributed by atoms with van der Waals surface area (Å²) in [6.45, 7) is 1.96. The number of carbonyl (C=O) groups is 1. The maximum absolute atomic E-state index is 11.8. The Morgan fingerprint density at radius 2 is 1.88 bits per heavy atom. The molecule has 0 radical (unpaired) electrons. The first kappa shape index (κ1) is 12.3. The van der Waals surface area contributed by atoms with Crippen molar-refractivity contribution >= 4 is 15.8 Å². The quantitative estimate of drug-likeness (QED) is 0.810. The molecule has 4 nitrogen and oxygen atoms in total. The van der Waals surface area contributed by atoms with E-state index in [0.29, 0.717) is 18.0 Å². The summed E-state index contributed by atoms with van der Waals surface area (Å²) in [5, 5.41) is 0. The van der Waals surface area contributed by atoms with Gasteiger partial charge in [-0.2, -0.15) is 0 Å². The third kappa shape index (κ3) is 3.14. The lowest BCUT2D eigenvalue weighted by atomic mass is 10.2. The van der Waals surface area contributed by atoms with Gasteiger partial charge in [0.25, 0.3) is 0 Å². The summed E-state index contributed by atoms with van der Waals surface area (Å²) in [5.74, 6) is 0.432. The Kier molecular flexibility index (Phi) is 3.31. The lowest BCUT2D eigenvalue weighted by Crippen LogP contribution is -2.25. The molecule has 2 rings (SSSR count). The van der Waals surface area contributed by atoms with Crippen LogP contribution < -0.4 is 4.72 Å². The minimum absolute atomic E-state index is 0.0695. The molecule has 0 aromatic heterocycles. The first-order valence-corrected chi connectivity index (χ1v) is 7.08. The van der Waals surface area contributed by atoms with Crippen molar-refractivity contribution in [2.75, 3.05) is 6.54 Å². The standard InChI is InChI=1S/C12H15NO3S/c1-9(14)11-4-6-12(7-5-11)17(15,16)13-8-10-2-3-10/h4-7,10,13H,2-3,8H2,1H3. The molecule has 1 aliphatic rings. The van der Waals surface area contributed by atoms with E-state index in [1.54, 1.807) is 0 Å². The minimum atomic E-state index is -3.42. The Labute approximate surface area is 101 Å². The van der Waals surface area contributed by atoms with Crippen LogP contribution in [0.1, 0.15) is 30.1 Å². The van der Waals surface area contributed by atoms with Crippen molar-refractivity contribution < 1.29 is 13.2 Å². The van der Waals surface area contributed by atoms with Crippen molar-refractivity contribution in [3.05, 3.63) is 29.8 Å². The van der Waals surface area contributed by atoms with E-state index in [4.69, 9.17) is 0 Å². The van der Waals surface area contributed by atoms with Gasteiger partial charge in [0.2, 0.25) is 10.0 Å². The summed E-state index contributed by atoms with van der Waals surface area (Å²) in [7, 11) is -3.42. The van der Waals surface area contributed by atoms with Crippen molar-refractivity contribution in [1.29, 1.82) is 0 Å². The fourth-order valence-electron chi connectivity index (χ4n) is 1.50. The highest BCUT2D eigenvalue weighted by atomic mass is 32.2. The van der Waals surface area contributed by atoms with E-state index < -0.39 is 10.0 Å². The van der Waals surface area contributed by atoms with Gasteiger partial charge in [-0.15, -0.1) is 0 Å². The lowest BCUT2D eigenvalue weighted by molar-refractivity contribution is 0.101. The van der Waals surface area contributed by atoms with Crippen LogP contribution in [-0.4, -0.2) is 20.7 Å². The molecule has 1 aromatic rings. The predicted octanol–water partition coefficient (Wildman–Crippen LogP) is 1.58. The fourth-order valence-corrected chi connectivity index (χ4v) is 2.62. The van der Waals surface area contributed by atoms with Gasteiger partial charge in [0.05, 0.1) is 4.90 Å². The van der Waals surface area contributed by atoms with Crippen molar-refractivity contribution in [2.45, 2.75) is 24.7 Å². The predicted molar refractivity (Wildman–Crippen MR) is 64.4 cm³/mol. The van der Waals surface area contributed by atoms with Crippen LogP contribution in [-0.2, 0) is 10.0 Å². The highest BCUT2D eigenvalue weighted by molar-refractivity contribution is 7.89. The van der Waals surface area contributed by atoms with Gasteiger partial charge in [-0.3, -0.25) is 4.79 Å². The van der Waals surface area contributed by atoms with Crippen molar-refractivity contribution in [3.63, 3.8) is 0 Å². The summed E-state index contributed by atoms with van der Waals surface area (Å²) in [5.41, 5.74) is 0.520. The molecule has 1 aromatic carbocycles. The van der Waals surface area contributed by atoms with E-state index >= 15 is 0 Å². The van der Waals surface area contributed by atoms with Crippen molar-refractivity contribution in [2.24, 2.45) is 5.92 Å². The summed E-state index contributed by atoms with van der Waals surface area (Å²) < 4.78 is 26.3. The molecule has 92 valence electrons. The van der Waals surface area contributed by atoms with E-state index in [1.807, 2.05) is 0 Å². The number of carbonyl (C=O) groups excluding carboxylic acids is 1. The number of sulfonamides is 1. The molecule has 1 aliphatic carbocycles. The van der Waals surface area contributed by atoms with E-state index in [2.05, 4.69) is 4.72 Å². The maximum Gasteiger partial charge on any atom is 0.240 e. The van der Waals surface area contributed by atoms with Crippen LogP contribution in [0, 0.1) is 5.92 Å². The molecule has 0 heterocycles. The van der Waals surface area contributed by atoms with Gasteiger partial charge < -0.3 is 0 Å². The zero-order chi connectivity index (χ0) is 12.5. The van der Waals surface area contributed by atoms with Crippen molar-refractivity contribution in [1.82, 2.24) is 4.72 Å². The Hall–Kier alpha value is -1.20. The van der Waals surface area contributed by atoms with Crippen molar-refractivity contribution in [3.8, 4) is 0 Å². The Morgan fingerprint density at radius 3 is 2.35 bits per heavy atom. The van der Waals surface area contributed by atoms with Gasteiger partial charge in [-0.1, -0.05) is 12.1 Å². The average Bonchev–Trinajstić information content (AvgIpc) is 3.10. The summed E-state index contributed by atoms with van der Waals surface area (Å²) >= 11 is 0. The Morgan fingerprint density at radius 1 is 1.29 bits per heavy atom. The molecule has 1 fully saturated rings. The van der Waals surface area contributed by atoms with Gasteiger partial charge in [-0.05, 0) is 37.8 Å². The third-order valence-electron chi connectivity index (χ3n) is 2.83. The topological polar surface area (TPSA) is 63.2 Å². The zero-order valence-corrected chi connectivity index (χ0v) is 10.5. The maximum atomic E-state index is 11.8. The molecular weight excluding hydrogens is 238 g/mol. The third-order valence-corrected chi connectivity index (χ3v) is 4.27. The van der Waals surface area contributed by atoms with E-state index in [1.165, 1.54) is 31.2 Å². The smallest absolute Gasteiger partial charge is 0.240 e. The van der Waals surface area contributed by atoms with Crippen LogP contribution in [0.2, 0.25) is 0 Å². The molecule has 0 aliphatic heterocycles. The van der Waals surface area contributed by atoms with Crippen LogP contribution in [0.5, 0.6) is 0 Å². The first-order chi connectivity index (χ1) is 7.99. The first-order valence-electron chi connectivity index (χ1n) is 5.60. The van der Waals surface area contributed by atoms with E-state index in [0.717, 1.165) is 12.8 Å². The Balaban J connectivity index is 2.11. The highest BCUT2D eigenvalue weighted by Gasteiger charge is 2.24.